The SMILES string of the molecule is Cn1c(=O)n([C@H]2CCC(=O)NC2=O)c2ccc(CCCOCCOCCN3CCN(Cc4ccc(-c5nn(C6CCC(O)CC6)c6nc(NCCC(F)(F)F)ncc56)cc4)CC3)cc21. The largest absolute Gasteiger partial charge is 0.393 e. The van der Waals surface area contributed by atoms with Crippen LogP contribution < -0.4 is 16.3 Å². The van der Waals surface area contributed by atoms with E-state index in [9.17, 15) is 32.7 Å². The van der Waals surface area contributed by atoms with Crippen LogP contribution in [0.1, 0.15) is 74.6 Å². The van der Waals surface area contributed by atoms with Crippen molar-refractivity contribution >= 4 is 39.8 Å². The predicted molar refractivity (Wildman–Crippen MR) is 234 cm³/mol. The minimum Gasteiger partial charge on any atom is -0.393 e. The lowest BCUT2D eigenvalue weighted by Crippen LogP contribution is -2.46. The molecule has 2 aliphatic heterocycles. The van der Waals surface area contributed by atoms with E-state index in [-0.39, 0.29) is 42.7 Å². The fourth-order valence-corrected chi connectivity index (χ4v) is 8.98. The standard InChI is InChI=1S/C45H57F3N10O6/c1-54-38-27-30(6-13-36(38)57(44(54)62)37-14-15-39(60)51-42(37)61)3-2-23-63-25-26-64-24-22-55-18-20-56(21-19-55)29-31-4-7-32(8-5-31)40-35-28-50-43(49-17-16-45(46,47)48)52-41(35)58(53-40)33-9-11-34(59)12-10-33/h4-8,13,27-28,33-34,37,59H,2-3,9-12,14-26,29H2,1H3,(H,49,50,52)(H,51,60,61)/t33?,34?,37-/m0/s1. The van der Waals surface area contributed by atoms with Crippen LogP contribution in [0.25, 0.3) is 33.3 Å². The number of imidazole rings is 1. The Hall–Kier alpha value is -5.21. The third-order valence-corrected chi connectivity index (χ3v) is 12.6. The number of halogens is 3. The Morgan fingerprint density at radius 1 is 0.875 bits per heavy atom. The Morgan fingerprint density at radius 3 is 2.33 bits per heavy atom. The van der Waals surface area contributed by atoms with Crippen molar-refractivity contribution in [3.63, 3.8) is 0 Å². The number of hydrogen-bond acceptors (Lipinski definition) is 12. The van der Waals surface area contributed by atoms with Gasteiger partial charge in [-0.1, -0.05) is 30.3 Å². The van der Waals surface area contributed by atoms with Gasteiger partial charge in [-0.15, -0.1) is 0 Å². The predicted octanol–water partition coefficient (Wildman–Crippen LogP) is 4.75. The molecule has 0 unspecified atom stereocenters. The monoisotopic (exact) mass is 890 g/mol. The van der Waals surface area contributed by atoms with Crippen LogP contribution in [-0.2, 0) is 39.1 Å². The number of nitrogens with zero attached hydrogens (tertiary/aromatic N) is 8. The molecule has 19 heteroatoms. The molecule has 344 valence electrons. The van der Waals surface area contributed by atoms with E-state index in [0.717, 1.165) is 92.7 Å². The number of carbonyl (C=O) groups excluding carboxylic acids is 2. The average Bonchev–Trinajstić information content (AvgIpc) is 3.77. The summed E-state index contributed by atoms with van der Waals surface area (Å²) >= 11 is 0. The number of fused-ring (bicyclic) bond motifs is 2. The van der Waals surface area contributed by atoms with Gasteiger partial charge in [-0.2, -0.15) is 23.3 Å². The van der Waals surface area contributed by atoms with Crippen LogP contribution in [-0.4, -0.2) is 134 Å². The summed E-state index contributed by atoms with van der Waals surface area (Å²) in [7, 11) is 1.70. The molecule has 3 aromatic heterocycles. The van der Waals surface area contributed by atoms with E-state index in [2.05, 4.69) is 54.7 Å². The van der Waals surface area contributed by atoms with Crippen LogP contribution in [0.2, 0.25) is 0 Å². The van der Waals surface area contributed by atoms with E-state index in [1.165, 1.54) is 10.1 Å². The summed E-state index contributed by atoms with van der Waals surface area (Å²) in [5, 5.41) is 20.9. The van der Waals surface area contributed by atoms with Crippen LogP contribution >= 0.6 is 0 Å². The maximum atomic E-state index is 13.0. The molecule has 1 aliphatic carbocycles. The molecule has 5 aromatic rings. The molecule has 0 radical (unpaired) electrons. The van der Waals surface area contributed by atoms with Crippen molar-refractivity contribution in [2.75, 3.05) is 71.0 Å². The van der Waals surface area contributed by atoms with Gasteiger partial charge in [-0.25, -0.2) is 14.5 Å². The number of alkyl halides is 3. The number of piperidine rings is 1. The number of aryl methyl sites for hydroxylation is 2. The normalized spacial score (nSPS) is 20.4. The van der Waals surface area contributed by atoms with Crippen LogP contribution in [0.15, 0.2) is 53.5 Å². The zero-order valence-corrected chi connectivity index (χ0v) is 36.2. The molecule has 16 nitrogen and oxygen atoms in total. The molecule has 5 heterocycles. The maximum Gasteiger partial charge on any atom is 0.390 e. The number of aromatic nitrogens is 6. The summed E-state index contributed by atoms with van der Waals surface area (Å²) in [5.74, 6) is -0.625. The molecular formula is C45H57F3N10O6. The minimum absolute atomic E-state index is 0.0193. The first kappa shape index (κ1) is 45.4. The highest BCUT2D eigenvalue weighted by molar-refractivity contribution is 6.00. The van der Waals surface area contributed by atoms with E-state index in [1.807, 2.05) is 22.9 Å². The summed E-state index contributed by atoms with van der Waals surface area (Å²) < 4.78 is 55.0. The Kier molecular flexibility index (Phi) is 14.4. The molecule has 3 N–H and O–H groups in total. The molecule has 1 saturated carbocycles. The number of anilines is 1. The Labute approximate surface area is 368 Å². The van der Waals surface area contributed by atoms with Gasteiger partial charge in [-0.05, 0) is 68.2 Å². The molecular weight excluding hydrogens is 834 g/mol. The summed E-state index contributed by atoms with van der Waals surface area (Å²) in [6, 6.07) is 13.5. The number of piperazine rings is 1. The van der Waals surface area contributed by atoms with Crippen LogP contribution in [0, 0.1) is 0 Å². The fraction of sp³-hybridized carbons (Fsp3) is 0.556. The van der Waals surface area contributed by atoms with Gasteiger partial charge in [-0.3, -0.25) is 33.8 Å². The van der Waals surface area contributed by atoms with Crippen LogP contribution in [0.4, 0.5) is 19.1 Å². The third-order valence-electron chi connectivity index (χ3n) is 12.6. The number of ether oxygens (including phenoxy) is 2. The number of aliphatic hydroxyl groups excluding tert-OH is 1. The second-order valence-electron chi connectivity index (χ2n) is 17.1. The summed E-state index contributed by atoms with van der Waals surface area (Å²) in [6.45, 7) is 7.42. The van der Waals surface area contributed by atoms with Crippen molar-refractivity contribution in [2.24, 2.45) is 7.05 Å². The van der Waals surface area contributed by atoms with Crippen LogP contribution in [0.5, 0.6) is 0 Å². The number of nitrogens with one attached hydrogen (secondary N) is 2. The zero-order valence-electron chi connectivity index (χ0n) is 36.2. The summed E-state index contributed by atoms with van der Waals surface area (Å²) in [4.78, 5) is 50.9. The summed E-state index contributed by atoms with van der Waals surface area (Å²) in [6.07, 6.45) is 0.904. The number of aliphatic hydroxyl groups is 1. The van der Waals surface area contributed by atoms with E-state index in [1.54, 1.807) is 17.8 Å². The first-order valence-corrected chi connectivity index (χ1v) is 22.4. The second-order valence-corrected chi connectivity index (χ2v) is 17.1. The maximum absolute atomic E-state index is 13.0. The Morgan fingerprint density at radius 2 is 1.59 bits per heavy atom. The van der Waals surface area contributed by atoms with Gasteiger partial charge in [0.25, 0.3) is 0 Å². The molecule has 64 heavy (non-hydrogen) atoms. The van der Waals surface area contributed by atoms with Gasteiger partial charge in [0, 0.05) is 77.6 Å². The number of hydrogen-bond donors (Lipinski definition) is 3. The highest BCUT2D eigenvalue weighted by Crippen LogP contribution is 2.35. The van der Waals surface area contributed by atoms with E-state index < -0.39 is 24.5 Å². The highest BCUT2D eigenvalue weighted by Gasteiger charge is 2.32. The number of carbonyl (C=O) groups is 2. The minimum atomic E-state index is -4.28. The van der Waals surface area contributed by atoms with Gasteiger partial charge >= 0.3 is 11.9 Å². The smallest absolute Gasteiger partial charge is 0.390 e. The van der Waals surface area contributed by atoms with Crippen molar-refractivity contribution in [1.29, 1.82) is 0 Å². The van der Waals surface area contributed by atoms with Gasteiger partial charge in [0.1, 0.15) is 11.7 Å². The van der Waals surface area contributed by atoms with Gasteiger partial charge < -0.3 is 19.9 Å². The van der Waals surface area contributed by atoms with Gasteiger partial charge in [0.05, 0.1) is 54.8 Å². The molecule has 3 aliphatic rings. The van der Waals surface area contributed by atoms with E-state index >= 15 is 0 Å². The topological polar surface area (TPSA) is 174 Å². The number of rotatable bonds is 18. The molecule has 2 saturated heterocycles. The van der Waals surface area contributed by atoms with Crippen LogP contribution in [0.3, 0.4) is 0 Å². The molecule has 0 spiro atoms. The Bertz CT molecular complexity index is 2450. The molecule has 1 atom stereocenters. The quantitative estimate of drug-likeness (QED) is 0.0816. The fourth-order valence-electron chi connectivity index (χ4n) is 8.98. The van der Waals surface area contributed by atoms with E-state index in [0.29, 0.717) is 56.9 Å². The van der Waals surface area contributed by atoms with Crippen molar-refractivity contribution in [2.45, 2.75) is 88.7 Å². The molecule has 3 fully saturated rings. The number of benzene rings is 2. The van der Waals surface area contributed by atoms with Crippen molar-refractivity contribution in [3.8, 4) is 11.3 Å². The molecule has 8 rings (SSSR count). The lowest BCUT2D eigenvalue weighted by Gasteiger charge is -2.34. The lowest BCUT2D eigenvalue weighted by atomic mass is 9.93. The lowest BCUT2D eigenvalue weighted by molar-refractivity contribution is -0.136. The molecule has 2 amide bonds. The molecule has 2 aromatic carbocycles. The first-order valence-electron chi connectivity index (χ1n) is 22.4. The van der Waals surface area contributed by atoms with Gasteiger partial charge in [0.2, 0.25) is 17.8 Å². The van der Waals surface area contributed by atoms with E-state index in [4.69, 9.17) is 14.6 Å². The van der Waals surface area contributed by atoms with Crippen molar-refractivity contribution < 1.29 is 37.3 Å². The summed E-state index contributed by atoms with van der Waals surface area (Å²) in [5.41, 5.74) is 5.61. The zero-order chi connectivity index (χ0) is 44.8. The van der Waals surface area contributed by atoms with Crippen molar-refractivity contribution in [3.05, 3.63) is 70.3 Å². The number of amides is 2. The van der Waals surface area contributed by atoms with Crippen molar-refractivity contribution in [1.82, 2.24) is 44.0 Å². The highest BCUT2D eigenvalue weighted by atomic mass is 19.4. The first-order chi connectivity index (χ1) is 30.9. The third kappa shape index (κ3) is 11.0. The van der Waals surface area contributed by atoms with Gasteiger partial charge in [0.15, 0.2) is 5.65 Å². The second kappa shape index (κ2) is 20.3. The Balaban J connectivity index is 0.736. The number of imide groups is 1. The molecule has 0 bridgehead atoms. The average molecular weight is 891 g/mol.